The largest absolute Gasteiger partial charge is 0.330 e. The molecule has 94 valence electrons. The second-order valence-corrected chi connectivity index (χ2v) is 5.29. The molecule has 0 saturated carbocycles. The number of amides is 1. The summed E-state index contributed by atoms with van der Waals surface area (Å²) in [4.78, 5) is 14.6. The van der Waals surface area contributed by atoms with E-state index < -0.39 is 0 Å². The van der Waals surface area contributed by atoms with Crippen LogP contribution in [0.25, 0.3) is 0 Å². The molecule has 1 unspecified atom stereocenters. The van der Waals surface area contributed by atoms with Gasteiger partial charge in [0.2, 0.25) is 0 Å². The third-order valence-corrected chi connectivity index (χ3v) is 4.14. The molecular weight excluding hydrogens is 236 g/mol. The first kappa shape index (κ1) is 12.5. The van der Waals surface area contributed by atoms with Gasteiger partial charge < -0.3 is 5.73 Å². The summed E-state index contributed by atoms with van der Waals surface area (Å²) in [5.41, 5.74) is 8.90. The van der Waals surface area contributed by atoms with E-state index >= 15 is 0 Å². The Morgan fingerprint density at radius 1 is 1.65 bits per heavy atom. The molecule has 0 aliphatic carbocycles. The van der Waals surface area contributed by atoms with Crippen LogP contribution in [0.5, 0.6) is 0 Å². The van der Waals surface area contributed by atoms with Crippen molar-refractivity contribution in [1.82, 2.24) is 10.3 Å². The number of hydrazine groups is 1. The Hall–Kier alpha value is -0.950. The van der Waals surface area contributed by atoms with Gasteiger partial charge in [0.05, 0.1) is 4.88 Å². The smallest absolute Gasteiger partial charge is 0.275 e. The molecule has 6 heteroatoms. The maximum absolute atomic E-state index is 11.5. The van der Waals surface area contributed by atoms with Crippen molar-refractivity contribution < 1.29 is 4.79 Å². The molecule has 1 aromatic rings. The maximum atomic E-state index is 11.5. The van der Waals surface area contributed by atoms with Gasteiger partial charge in [-0.3, -0.25) is 15.1 Å². The summed E-state index contributed by atoms with van der Waals surface area (Å²) in [7, 11) is 0. The summed E-state index contributed by atoms with van der Waals surface area (Å²) < 4.78 is 0. The highest BCUT2D eigenvalue weighted by molar-refractivity contribution is 7.12. The molecule has 0 bridgehead atoms. The first-order chi connectivity index (χ1) is 8.24. The van der Waals surface area contributed by atoms with Crippen molar-refractivity contribution in [2.24, 2.45) is 17.5 Å². The van der Waals surface area contributed by atoms with Gasteiger partial charge in [0.25, 0.3) is 5.91 Å². The molecule has 0 aromatic carbocycles. The fourth-order valence-corrected chi connectivity index (χ4v) is 3.03. The van der Waals surface area contributed by atoms with Gasteiger partial charge in [0, 0.05) is 13.1 Å². The Bertz CT molecular complexity index is 393. The number of carbonyl (C=O) groups excluding carboxylic acids is 1. The number of nitrogens with one attached hydrogen (secondary N) is 1. The normalized spacial score (nSPS) is 20.7. The monoisotopic (exact) mass is 254 g/mol. The van der Waals surface area contributed by atoms with Crippen molar-refractivity contribution in [2.45, 2.75) is 13.0 Å². The highest BCUT2D eigenvalue weighted by Gasteiger charge is 2.23. The Kier molecular flexibility index (Phi) is 4.11. The van der Waals surface area contributed by atoms with Gasteiger partial charge in [-0.15, -0.1) is 11.3 Å². The Morgan fingerprint density at radius 3 is 3.12 bits per heavy atom. The first-order valence-electron chi connectivity index (χ1n) is 5.74. The van der Waals surface area contributed by atoms with Gasteiger partial charge in [0.15, 0.2) is 0 Å². The maximum Gasteiger partial charge on any atom is 0.275 e. The van der Waals surface area contributed by atoms with Crippen LogP contribution in [0.2, 0.25) is 0 Å². The zero-order valence-corrected chi connectivity index (χ0v) is 10.5. The molecule has 1 saturated heterocycles. The molecule has 1 aliphatic heterocycles. The SMILES string of the molecule is NCC1CCN(Cc2ccsc2C(=O)NN)C1. The topological polar surface area (TPSA) is 84.4 Å². The number of nitrogens with two attached hydrogens (primary N) is 2. The predicted molar refractivity (Wildman–Crippen MR) is 68.4 cm³/mol. The minimum atomic E-state index is -0.204. The zero-order chi connectivity index (χ0) is 12.3. The lowest BCUT2D eigenvalue weighted by Crippen LogP contribution is -2.31. The van der Waals surface area contributed by atoms with E-state index in [1.54, 1.807) is 0 Å². The van der Waals surface area contributed by atoms with Crippen LogP contribution in [0, 0.1) is 5.92 Å². The van der Waals surface area contributed by atoms with Gasteiger partial charge in [-0.05, 0) is 42.4 Å². The number of nitrogen functional groups attached to an aromatic ring is 1. The van der Waals surface area contributed by atoms with Gasteiger partial charge in [-0.25, -0.2) is 5.84 Å². The Labute approximate surface area is 105 Å². The molecule has 0 radical (unpaired) electrons. The van der Waals surface area contributed by atoms with Crippen molar-refractivity contribution in [3.05, 3.63) is 21.9 Å². The van der Waals surface area contributed by atoms with Crippen molar-refractivity contribution in [3.63, 3.8) is 0 Å². The molecule has 1 amide bonds. The average molecular weight is 254 g/mol. The molecule has 5 nitrogen and oxygen atoms in total. The highest BCUT2D eigenvalue weighted by atomic mass is 32.1. The molecule has 1 aromatic heterocycles. The number of hydrogen-bond donors (Lipinski definition) is 3. The summed E-state index contributed by atoms with van der Waals surface area (Å²) in [5.74, 6) is 5.55. The number of carbonyl (C=O) groups is 1. The lowest BCUT2D eigenvalue weighted by molar-refractivity contribution is 0.0956. The van der Waals surface area contributed by atoms with Gasteiger partial charge in [-0.2, -0.15) is 0 Å². The van der Waals surface area contributed by atoms with Crippen LogP contribution >= 0.6 is 11.3 Å². The zero-order valence-electron chi connectivity index (χ0n) is 9.69. The summed E-state index contributed by atoms with van der Waals surface area (Å²) in [6, 6.07) is 1.99. The van der Waals surface area contributed by atoms with E-state index in [-0.39, 0.29) is 5.91 Å². The van der Waals surface area contributed by atoms with Gasteiger partial charge in [0.1, 0.15) is 0 Å². The Balaban J connectivity index is 2.00. The van der Waals surface area contributed by atoms with Gasteiger partial charge in [-0.1, -0.05) is 0 Å². The molecule has 0 spiro atoms. The number of likely N-dealkylation sites (tertiary alicyclic amines) is 1. The molecule has 5 N–H and O–H groups in total. The van der Waals surface area contributed by atoms with E-state index in [1.807, 2.05) is 11.4 Å². The van der Waals surface area contributed by atoms with Crippen LogP contribution in [0.1, 0.15) is 21.7 Å². The van der Waals surface area contributed by atoms with Crippen molar-refractivity contribution in [1.29, 1.82) is 0 Å². The number of thiophene rings is 1. The van der Waals surface area contributed by atoms with Crippen LogP contribution in [-0.2, 0) is 6.54 Å². The van der Waals surface area contributed by atoms with Crippen LogP contribution in [0.3, 0.4) is 0 Å². The molecule has 1 aliphatic rings. The van der Waals surface area contributed by atoms with Crippen molar-refractivity contribution in [2.75, 3.05) is 19.6 Å². The van der Waals surface area contributed by atoms with Crippen LogP contribution in [-0.4, -0.2) is 30.4 Å². The van der Waals surface area contributed by atoms with E-state index in [4.69, 9.17) is 11.6 Å². The molecule has 2 rings (SSSR count). The van der Waals surface area contributed by atoms with Crippen molar-refractivity contribution >= 4 is 17.2 Å². The van der Waals surface area contributed by atoms with Crippen molar-refractivity contribution in [3.8, 4) is 0 Å². The summed E-state index contributed by atoms with van der Waals surface area (Å²) in [6.45, 7) is 3.64. The van der Waals surface area contributed by atoms with E-state index in [2.05, 4.69) is 10.3 Å². The lowest BCUT2D eigenvalue weighted by atomic mass is 10.1. The third kappa shape index (κ3) is 2.84. The summed E-state index contributed by atoms with van der Waals surface area (Å²) in [6.07, 6.45) is 1.15. The average Bonchev–Trinajstić information content (AvgIpc) is 2.97. The summed E-state index contributed by atoms with van der Waals surface area (Å²) >= 11 is 1.43. The van der Waals surface area contributed by atoms with E-state index in [9.17, 15) is 4.79 Å². The third-order valence-electron chi connectivity index (χ3n) is 3.18. The van der Waals surface area contributed by atoms with Crippen LogP contribution in [0.15, 0.2) is 11.4 Å². The molecule has 1 atom stereocenters. The van der Waals surface area contributed by atoms with E-state index in [0.717, 1.165) is 38.2 Å². The quantitative estimate of drug-likeness (QED) is 0.405. The molecular formula is C11H18N4OS. The van der Waals surface area contributed by atoms with E-state index in [1.165, 1.54) is 11.3 Å². The van der Waals surface area contributed by atoms with Crippen LogP contribution in [0.4, 0.5) is 0 Å². The minimum absolute atomic E-state index is 0.204. The van der Waals surface area contributed by atoms with E-state index in [0.29, 0.717) is 10.8 Å². The fourth-order valence-electron chi connectivity index (χ4n) is 2.21. The minimum Gasteiger partial charge on any atom is -0.330 e. The number of rotatable bonds is 4. The summed E-state index contributed by atoms with van der Waals surface area (Å²) in [5, 5.41) is 1.93. The lowest BCUT2D eigenvalue weighted by Gasteiger charge is -2.15. The Morgan fingerprint density at radius 2 is 2.47 bits per heavy atom. The number of hydrogen-bond acceptors (Lipinski definition) is 5. The molecule has 1 fully saturated rings. The van der Waals surface area contributed by atoms with Crippen LogP contribution < -0.4 is 17.0 Å². The second kappa shape index (κ2) is 5.59. The van der Waals surface area contributed by atoms with Gasteiger partial charge >= 0.3 is 0 Å². The number of nitrogens with zero attached hydrogens (tertiary/aromatic N) is 1. The second-order valence-electron chi connectivity index (χ2n) is 4.37. The molecule has 17 heavy (non-hydrogen) atoms. The fraction of sp³-hybridized carbons (Fsp3) is 0.545. The predicted octanol–water partition coefficient (Wildman–Crippen LogP) is 0.132. The first-order valence-corrected chi connectivity index (χ1v) is 6.62. The standard InChI is InChI=1S/C11H18N4OS/c12-5-8-1-3-15(6-8)7-9-2-4-17-10(9)11(16)14-13/h2,4,8H,1,3,5-7,12-13H2,(H,14,16). The molecule has 2 heterocycles. The highest BCUT2D eigenvalue weighted by Crippen LogP contribution is 2.22.